The Bertz CT molecular complexity index is 1410. The van der Waals surface area contributed by atoms with Gasteiger partial charge in [-0.25, -0.2) is 0 Å². The third kappa shape index (κ3) is 3.87. The van der Waals surface area contributed by atoms with E-state index in [1.54, 1.807) is 39.8 Å². The van der Waals surface area contributed by atoms with Gasteiger partial charge in [0.1, 0.15) is 29.0 Å². The van der Waals surface area contributed by atoms with Gasteiger partial charge in [0.15, 0.2) is 28.7 Å². The van der Waals surface area contributed by atoms with Crippen LogP contribution in [0.1, 0.15) is 89.6 Å². The minimum atomic E-state index is -2.93. The first kappa shape index (κ1) is 30.6. The average molecular weight is 567 g/mol. The molecule has 0 heterocycles. The molecule has 2 saturated carbocycles. The summed E-state index contributed by atoms with van der Waals surface area (Å²) in [6.07, 6.45) is -0.472. The number of phenols is 1. The molecule has 0 amide bonds. The topological polar surface area (TPSA) is 160 Å². The van der Waals surface area contributed by atoms with Crippen LogP contribution in [-0.4, -0.2) is 56.3 Å². The molecule has 220 valence electrons. The van der Waals surface area contributed by atoms with Crippen molar-refractivity contribution in [3.8, 4) is 5.75 Å². The fourth-order valence-corrected chi connectivity index (χ4v) is 8.60. The lowest BCUT2D eigenvalue weighted by Gasteiger charge is -2.67. The Labute approximate surface area is 239 Å². The average Bonchev–Trinajstić information content (AvgIpc) is 2.86. The number of carbonyl (C=O) groups is 7. The summed E-state index contributed by atoms with van der Waals surface area (Å²) in [5.41, 5.74) is -5.81. The zero-order valence-corrected chi connectivity index (χ0v) is 24.6. The molecule has 3 aliphatic rings. The molecule has 2 fully saturated rings. The molecule has 0 aliphatic heterocycles. The van der Waals surface area contributed by atoms with Crippen LogP contribution in [0.15, 0.2) is 18.2 Å². The monoisotopic (exact) mass is 566 g/mol. The van der Waals surface area contributed by atoms with E-state index in [0.717, 1.165) is 6.92 Å². The van der Waals surface area contributed by atoms with Gasteiger partial charge >= 0.3 is 0 Å². The van der Waals surface area contributed by atoms with Gasteiger partial charge in [0.05, 0.1) is 11.5 Å². The van der Waals surface area contributed by atoms with Crippen molar-refractivity contribution in [1.82, 2.24) is 0 Å². The summed E-state index contributed by atoms with van der Waals surface area (Å²) >= 11 is 0. The van der Waals surface area contributed by atoms with Crippen molar-refractivity contribution in [3.05, 3.63) is 29.3 Å². The highest BCUT2D eigenvalue weighted by atomic mass is 16.3. The van der Waals surface area contributed by atoms with Crippen LogP contribution in [0.5, 0.6) is 5.75 Å². The Hall–Kier alpha value is -3.33. The van der Waals surface area contributed by atoms with E-state index >= 15 is 0 Å². The zero-order valence-electron chi connectivity index (χ0n) is 24.6. The van der Waals surface area contributed by atoms with Gasteiger partial charge in [-0.2, -0.15) is 0 Å². The Balaban J connectivity index is 2.09. The van der Waals surface area contributed by atoms with Crippen molar-refractivity contribution < 1.29 is 43.8 Å². The van der Waals surface area contributed by atoms with Crippen molar-refractivity contribution >= 4 is 40.5 Å². The van der Waals surface area contributed by atoms with E-state index in [4.69, 9.17) is 0 Å². The number of Topliss-reactive ketones (excluding diaryl/α,β-unsaturated/α-hetero) is 7. The van der Waals surface area contributed by atoms with Gasteiger partial charge in [0.2, 0.25) is 0 Å². The van der Waals surface area contributed by atoms with Crippen LogP contribution in [0.3, 0.4) is 0 Å². The number of hydrogen-bond acceptors (Lipinski definition) is 9. The SMILES string of the molecule is CC(=O)CCC(=O)C[C@@H]1[C@]2(C)C(C(=O)c3c(O)cccc3[C@H]2C)C(=O)[C@@]2(O)C(=O)C(C(C)=O)C(=O)C(C(C)C)[C@@]12C. The second-order valence-corrected chi connectivity index (χ2v) is 13.0. The highest BCUT2D eigenvalue weighted by Gasteiger charge is 2.80. The van der Waals surface area contributed by atoms with Crippen LogP contribution < -0.4 is 0 Å². The van der Waals surface area contributed by atoms with E-state index in [1.165, 1.54) is 19.9 Å². The molecule has 0 bridgehead atoms. The van der Waals surface area contributed by atoms with Crippen LogP contribution in [0.25, 0.3) is 0 Å². The van der Waals surface area contributed by atoms with Gasteiger partial charge in [-0.3, -0.25) is 28.8 Å². The lowest BCUT2D eigenvalue weighted by Crippen LogP contribution is -2.80. The number of fused-ring (bicyclic) bond motifs is 3. The molecule has 0 saturated heterocycles. The number of hydrogen-bond donors (Lipinski definition) is 2. The summed E-state index contributed by atoms with van der Waals surface area (Å²) in [4.78, 5) is 94.5. The Morgan fingerprint density at radius 3 is 2.12 bits per heavy atom. The zero-order chi connectivity index (χ0) is 31.0. The number of benzene rings is 1. The highest BCUT2D eigenvalue weighted by molar-refractivity contribution is 6.32. The van der Waals surface area contributed by atoms with Gasteiger partial charge in [-0.05, 0) is 48.6 Å². The normalized spacial score (nSPS) is 36.5. The van der Waals surface area contributed by atoms with E-state index < -0.39 is 80.9 Å². The van der Waals surface area contributed by atoms with E-state index in [0.29, 0.717) is 5.56 Å². The molecular formula is C32H38O9. The number of rotatable bonds is 7. The number of carbonyl (C=O) groups excluding carboxylic acids is 7. The van der Waals surface area contributed by atoms with Crippen molar-refractivity contribution in [2.24, 2.45) is 40.4 Å². The maximum absolute atomic E-state index is 14.6. The summed E-state index contributed by atoms with van der Waals surface area (Å²) < 4.78 is 0. The largest absolute Gasteiger partial charge is 0.507 e. The summed E-state index contributed by atoms with van der Waals surface area (Å²) in [6.45, 7) is 10.7. The van der Waals surface area contributed by atoms with Crippen LogP contribution in [0, 0.1) is 40.4 Å². The van der Waals surface area contributed by atoms with E-state index in [-0.39, 0.29) is 42.1 Å². The Kier molecular flexibility index (Phi) is 7.39. The summed E-state index contributed by atoms with van der Waals surface area (Å²) in [5, 5.41) is 23.1. The fraction of sp³-hybridized carbons (Fsp3) is 0.594. The maximum atomic E-state index is 14.6. The van der Waals surface area contributed by atoms with E-state index in [9.17, 15) is 43.8 Å². The van der Waals surface area contributed by atoms with Gasteiger partial charge in [0, 0.05) is 30.6 Å². The first-order chi connectivity index (χ1) is 18.9. The third-order valence-electron chi connectivity index (χ3n) is 10.6. The standard InChI is InChI=1S/C32H38O9/c1-14(2)24-26(37)22(17(5)34)28(39)32(41)29(40)25-27(38)23-19(9-8-10-20(23)36)16(4)30(25,6)21(31(24,32)7)13-18(35)12-11-15(3)33/h8-10,14,16,21-22,24-25,36,41H,11-13H2,1-7H3/t16-,21-,22?,24?,25?,30-,31-,32+/m1/s1. The Morgan fingerprint density at radius 2 is 1.59 bits per heavy atom. The summed E-state index contributed by atoms with van der Waals surface area (Å²) in [6, 6.07) is 4.54. The molecular weight excluding hydrogens is 528 g/mol. The second-order valence-electron chi connectivity index (χ2n) is 13.0. The van der Waals surface area contributed by atoms with Crippen molar-refractivity contribution in [1.29, 1.82) is 0 Å². The van der Waals surface area contributed by atoms with Crippen molar-refractivity contribution in [2.75, 3.05) is 0 Å². The van der Waals surface area contributed by atoms with Crippen LogP contribution in [-0.2, 0) is 28.8 Å². The number of aromatic hydroxyl groups is 1. The molecule has 8 atom stereocenters. The van der Waals surface area contributed by atoms with E-state index in [1.807, 2.05) is 0 Å². The van der Waals surface area contributed by atoms with Crippen LogP contribution >= 0.6 is 0 Å². The third-order valence-corrected chi connectivity index (χ3v) is 10.6. The van der Waals surface area contributed by atoms with E-state index in [2.05, 4.69) is 0 Å². The molecule has 4 rings (SSSR count). The van der Waals surface area contributed by atoms with Gasteiger partial charge < -0.3 is 15.0 Å². The highest BCUT2D eigenvalue weighted by Crippen LogP contribution is 2.70. The second kappa shape index (κ2) is 9.89. The minimum Gasteiger partial charge on any atom is -0.507 e. The van der Waals surface area contributed by atoms with Gasteiger partial charge in [-0.1, -0.05) is 46.8 Å². The molecule has 9 nitrogen and oxygen atoms in total. The molecule has 0 radical (unpaired) electrons. The Morgan fingerprint density at radius 1 is 0.976 bits per heavy atom. The van der Waals surface area contributed by atoms with Crippen LogP contribution in [0.4, 0.5) is 0 Å². The summed E-state index contributed by atoms with van der Waals surface area (Å²) in [7, 11) is 0. The smallest absolute Gasteiger partial charge is 0.190 e. The lowest BCUT2D eigenvalue weighted by molar-refractivity contribution is -0.225. The molecule has 41 heavy (non-hydrogen) atoms. The van der Waals surface area contributed by atoms with Crippen molar-refractivity contribution in [2.45, 2.75) is 79.2 Å². The van der Waals surface area contributed by atoms with Gasteiger partial charge in [-0.15, -0.1) is 0 Å². The molecule has 0 aromatic heterocycles. The number of phenolic OH excluding ortho intramolecular Hbond substituents is 1. The molecule has 2 N–H and O–H groups in total. The summed E-state index contributed by atoms with van der Waals surface area (Å²) in [5.74, 6) is -12.6. The predicted octanol–water partition coefficient (Wildman–Crippen LogP) is 3.21. The minimum absolute atomic E-state index is 0.0331. The molecule has 1 aromatic carbocycles. The first-order valence-electron chi connectivity index (χ1n) is 14.1. The molecule has 9 heteroatoms. The first-order valence-corrected chi connectivity index (χ1v) is 14.1. The molecule has 3 aliphatic carbocycles. The number of aliphatic hydroxyl groups is 1. The molecule has 0 spiro atoms. The lowest BCUT2D eigenvalue weighted by atomic mass is 9.34. The maximum Gasteiger partial charge on any atom is 0.190 e. The molecule has 3 unspecified atom stereocenters. The fourth-order valence-electron chi connectivity index (χ4n) is 8.60. The van der Waals surface area contributed by atoms with Gasteiger partial charge in [0.25, 0.3) is 0 Å². The molecule has 1 aromatic rings. The predicted molar refractivity (Wildman–Crippen MR) is 146 cm³/mol. The number of ketones is 7. The van der Waals surface area contributed by atoms with Crippen molar-refractivity contribution in [3.63, 3.8) is 0 Å². The quantitative estimate of drug-likeness (QED) is 0.472. The van der Waals surface area contributed by atoms with Crippen LogP contribution in [0.2, 0.25) is 0 Å².